The number of nitrogens with zero attached hydrogens (tertiary/aromatic N) is 3. The first-order chi connectivity index (χ1) is 14.6. The summed E-state index contributed by atoms with van der Waals surface area (Å²) < 4.78 is 14.6. The van der Waals surface area contributed by atoms with Crippen LogP contribution in [0, 0.1) is 5.82 Å². The SMILES string of the molecule is Nc1nc(Nc2ccc(Sc3ccncc3)c(F)c2)cc(N[C@@H]2CCCC[C@@H]2N)n1. The molecule has 30 heavy (non-hydrogen) atoms. The summed E-state index contributed by atoms with van der Waals surface area (Å²) in [6.45, 7) is 0. The van der Waals surface area contributed by atoms with Crippen molar-refractivity contribution in [3.05, 3.63) is 54.6 Å². The van der Waals surface area contributed by atoms with Crippen LogP contribution in [0.1, 0.15) is 25.7 Å². The number of nitrogens with one attached hydrogen (secondary N) is 2. The highest BCUT2D eigenvalue weighted by molar-refractivity contribution is 7.99. The van der Waals surface area contributed by atoms with Crippen LogP contribution >= 0.6 is 11.8 Å². The van der Waals surface area contributed by atoms with Crippen LogP contribution in [0.5, 0.6) is 0 Å². The summed E-state index contributed by atoms with van der Waals surface area (Å²) >= 11 is 1.34. The van der Waals surface area contributed by atoms with Crippen molar-refractivity contribution in [2.75, 3.05) is 16.4 Å². The van der Waals surface area contributed by atoms with Gasteiger partial charge in [-0.1, -0.05) is 24.6 Å². The first-order valence-electron chi connectivity index (χ1n) is 9.88. The largest absolute Gasteiger partial charge is 0.368 e. The molecule has 6 N–H and O–H groups in total. The molecule has 0 radical (unpaired) electrons. The third kappa shape index (κ3) is 5.17. The first kappa shape index (κ1) is 20.4. The Morgan fingerprint density at radius 2 is 1.77 bits per heavy atom. The van der Waals surface area contributed by atoms with Crippen LogP contribution in [0.15, 0.2) is 58.6 Å². The minimum Gasteiger partial charge on any atom is -0.368 e. The number of hydrogen-bond donors (Lipinski definition) is 4. The second kappa shape index (κ2) is 9.27. The topological polar surface area (TPSA) is 115 Å². The van der Waals surface area contributed by atoms with Gasteiger partial charge in [0.2, 0.25) is 5.95 Å². The lowest BCUT2D eigenvalue weighted by Crippen LogP contribution is -2.42. The summed E-state index contributed by atoms with van der Waals surface area (Å²) in [5, 5.41) is 6.47. The van der Waals surface area contributed by atoms with E-state index in [2.05, 4.69) is 25.6 Å². The molecular weight excluding hydrogens is 401 g/mol. The molecule has 0 spiro atoms. The number of nitrogen functional groups attached to an aromatic ring is 1. The number of halogens is 1. The first-order valence-corrected chi connectivity index (χ1v) is 10.7. The van der Waals surface area contributed by atoms with Crippen molar-refractivity contribution in [3.63, 3.8) is 0 Å². The van der Waals surface area contributed by atoms with Crippen molar-refractivity contribution in [3.8, 4) is 0 Å². The molecule has 2 heterocycles. The van der Waals surface area contributed by atoms with Crippen LogP contribution in [0.4, 0.5) is 27.7 Å². The molecule has 156 valence electrons. The van der Waals surface area contributed by atoms with E-state index >= 15 is 0 Å². The van der Waals surface area contributed by atoms with E-state index in [-0.39, 0.29) is 23.8 Å². The lowest BCUT2D eigenvalue weighted by atomic mass is 9.91. The van der Waals surface area contributed by atoms with E-state index in [4.69, 9.17) is 11.5 Å². The molecule has 1 aliphatic rings. The Kier molecular flexibility index (Phi) is 6.29. The van der Waals surface area contributed by atoms with E-state index in [0.29, 0.717) is 22.2 Å². The number of anilines is 4. The Labute approximate surface area is 178 Å². The van der Waals surface area contributed by atoms with E-state index in [1.807, 2.05) is 12.1 Å². The summed E-state index contributed by atoms with van der Waals surface area (Å²) in [7, 11) is 0. The van der Waals surface area contributed by atoms with Crippen LogP contribution in [0.2, 0.25) is 0 Å². The molecule has 0 bridgehead atoms. The molecule has 4 rings (SSSR count). The van der Waals surface area contributed by atoms with Crippen molar-refractivity contribution < 1.29 is 4.39 Å². The van der Waals surface area contributed by atoms with E-state index in [0.717, 1.165) is 30.6 Å². The van der Waals surface area contributed by atoms with Gasteiger partial charge in [-0.25, -0.2) is 4.39 Å². The molecule has 9 heteroatoms. The zero-order valence-corrected chi connectivity index (χ0v) is 17.2. The molecule has 0 unspecified atom stereocenters. The average Bonchev–Trinajstić information content (AvgIpc) is 2.72. The van der Waals surface area contributed by atoms with Gasteiger partial charge < -0.3 is 22.1 Å². The summed E-state index contributed by atoms with van der Waals surface area (Å²) in [6, 6.07) is 10.7. The average molecular weight is 426 g/mol. The fraction of sp³-hybridized carbons (Fsp3) is 0.286. The fourth-order valence-electron chi connectivity index (χ4n) is 3.48. The predicted molar refractivity (Wildman–Crippen MR) is 118 cm³/mol. The molecule has 1 saturated carbocycles. The number of pyridine rings is 1. The third-order valence-corrected chi connectivity index (χ3v) is 6.04. The zero-order valence-electron chi connectivity index (χ0n) is 16.4. The van der Waals surface area contributed by atoms with Crippen LogP contribution in [0.3, 0.4) is 0 Å². The van der Waals surface area contributed by atoms with Crippen molar-refractivity contribution in [2.45, 2.75) is 47.6 Å². The van der Waals surface area contributed by atoms with E-state index in [1.165, 1.54) is 17.8 Å². The van der Waals surface area contributed by atoms with E-state index < -0.39 is 0 Å². The van der Waals surface area contributed by atoms with Crippen molar-refractivity contribution in [1.82, 2.24) is 15.0 Å². The molecule has 2 atom stereocenters. The smallest absolute Gasteiger partial charge is 0.223 e. The second-order valence-corrected chi connectivity index (χ2v) is 8.37. The van der Waals surface area contributed by atoms with Gasteiger partial charge in [0.25, 0.3) is 0 Å². The van der Waals surface area contributed by atoms with Gasteiger partial charge in [-0.3, -0.25) is 4.98 Å². The van der Waals surface area contributed by atoms with Gasteiger partial charge in [0, 0.05) is 46.0 Å². The monoisotopic (exact) mass is 425 g/mol. The number of nitrogens with two attached hydrogens (primary N) is 2. The van der Waals surface area contributed by atoms with Gasteiger partial charge in [-0.2, -0.15) is 9.97 Å². The maximum Gasteiger partial charge on any atom is 0.223 e. The van der Waals surface area contributed by atoms with Crippen molar-refractivity contribution in [1.29, 1.82) is 0 Å². The lowest BCUT2D eigenvalue weighted by Gasteiger charge is -2.29. The fourth-order valence-corrected chi connectivity index (χ4v) is 4.28. The summed E-state index contributed by atoms with van der Waals surface area (Å²) in [4.78, 5) is 13.9. The van der Waals surface area contributed by atoms with Crippen LogP contribution in [-0.4, -0.2) is 27.0 Å². The zero-order chi connectivity index (χ0) is 20.9. The summed E-state index contributed by atoms with van der Waals surface area (Å²) in [5.41, 5.74) is 12.7. The van der Waals surface area contributed by atoms with Gasteiger partial charge in [0.15, 0.2) is 0 Å². The summed E-state index contributed by atoms with van der Waals surface area (Å²) in [5.74, 6) is 0.911. The Hall–Kier alpha value is -2.91. The molecule has 0 aliphatic heterocycles. The van der Waals surface area contributed by atoms with E-state index in [1.54, 1.807) is 30.6 Å². The van der Waals surface area contributed by atoms with Gasteiger partial charge >= 0.3 is 0 Å². The Balaban J connectivity index is 1.47. The van der Waals surface area contributed by atoms with Crippen molar-refractivity contribution in [2.24, 2.45) is 5.73 Å². The van der Waals surface area contributed by atoms with Crippen LogP contribution in [-0.2, 0) is 0 Å². The highest BCUT2D eigenvalue weighted by Crippen LogP contribution is 2.31. The maximum absolute atomic E-state index is 14.6. The van der Waals surface area contributed by atoms with Gasteiger partial charge in [-0.05, 0) is 43.2 Å². The molecule has 0 saturated heterocycles. The quantitative estimate of drug-likeness (QED) is 0.465. The Bertz CT molecular complexity index is 1000. The minimum atomic E-state index is -0.324. The normalized spacial score (nSPS) is 18.7. The standard InChI is InChI=1S/C21H24FN7S/c22-15-11-13(5-6-18(15)30-14-7-9-25-10-8-14)26-19-12-20(29-21(24)28-19)27-17-4-2-1-3-16(17)23/h5-12,16-17H,1-4,23H2,(H4,24,26,27,28,29)/t16-,17+/m0/s1. The Morgan fingerprint density at radius 1 is 1.00 bits per heavy atom. The highest BCUT2D eigenvalue weighted by atomic mass is 32.2. The number of benzene rings is 1. The molecule has 1 aromatic carbocycles. The van der Waals surface area contributed by atoms with Crippen molar-refractivity contribution >= 4 is 35.0 Å². The number of aromatic nitrogens is 3. The second-order valence-electron chi connectivity index (χ2n) is 7.25. The Morgan fingerprint density at radius 3 is 2.53 bits per heavy atom. The molecule has 3 aromatic rings. The minimum absolute atomic E-state index is 0.0888. The predicted octanol–water partition coefficient (Wildman–Crippen LogP) is 4.17. The number of rotatable bonds is 6. The molecule has 2 aromatic heterocycles. The molecule has 1 aliphatic carbocycles. The maximum atomic E-state index is 14.6. The summed E-state index contributed by atoms with van der Waals surface area (Å²) in [6.07, 6.45) is 7.64. The van der Waals surface area contributed by atoms with E-state index in [9.17, 15) is 4.39 Å². The number of hydrogen-bond acceptors (Lipinski definition) is 8. The molecule has 1 fully saturated rings. The third-order valence-electron chi connectivity index (χ3n) is 4.98. The molecule has 0 amide bonds. The van der Waals surface area contributed by atoms with Gasteiger partial charge in [0.05, 0.1) is 0 Å². The van der Waals surface area contributed by atoms with Gasteiger partial charge in [-0.15, -0.1) is 0 Å². The molecular formula is C21H24FN7S. The molecule has 7 nitrogen and oxygen atoms in total. The lowest BCUT2D eigenvalue weighted by molar-refractivity contribution is 0.403. The van der Waals surface area contributed by atoms with Gasteiger partial charge in [0.1, 0.15) is 17.5 Å². The van der Waals surface area contributed by atoms with Crippen LogP contribution in [0.25, 0.3) is 0 Å². The highest BCUT2D eigenvalue weighted by Gasteiger charge is 2.22. The van der Waals surface area contributed by atoms with Crippen LogP contribution < -0.4 is 22.1 Å².